The molecule has 0 saturated carbocycles. The summed E-state index contributed by atoms with van der Waals surface area (Å²) in [5.74, 6) is 2.52. The van der Waals surface area contributed by atoms with Gasteiger partial charge in [-0.15, -0.1) is 0 Å². The second-order valence-electron chi connectivity index (χ2n) is 6.15. The molecule has 2 nitrogen and oxygen atoms in total. The molecule has 20 heavy (non-hydrogen) atoms. The summed E-state index contributed by atoms with van der Waals surface area (Å²) in [4.78, 5) is 0. The Labute approximate surface area is 127 Å². The van der Waals surface area contributed by atoms with Gasteiger partial charge in [0.2, 0.25) is 0 Å². The van der Waals surface area contributed by atoms with Gasteiger partial charge in [-0.3, -0.25) is 0 Å². The average molecular weight is 293 g/mol. The number of ether oxygens (including phenoxy) is 1. The average Bonchev–Trinajstić information content (AvgIpc) is 2.44. The Morgan fingerprint density at radius 1 is 1.30 bits per heavy atom. The van der Waals surface area contributed by atoms with E-state index in [1.54, 1.807) is 0 Å². The first-order valence-electron chi connectivity index (χ1n) is 7.59. The van der Waals surface area contributed by atoms with Crippen LogP contribution in [0.15, 0.2) is 24.3 Å². The minimum absolute atomic E-state index is 0.403. The van der Waals surface area contributed by atoms with Crippen LogP contribution < -0.4 is 5.32 Å². The first-order chi connectivity index (χ1) is 9.63. The molecule has 1 unspecified atom stereocenters. The Morgan fingerprint density at radius 3 is 2.75 bits per heavy atom. The predicted molar refractivity (Wildman–Crippen MR) is 88.1 cm³/mol. The molecule has 1 aromatic carbocycles. The van der Waals surface area contributed by atoms with Gasteiger partial charge in [0.25, 0.3) is 0 Å². The van der Waals surface area contributed by atoms with E-state index in [0.29, 0.717) is 11.5 Å². The molecule has 0 spiro atoms. The van der Waals surface area contributed by atoms with Crippen LogP contribution in [0.1, 0.15) is 38.3 Å². The van der Waals surface area contributed by atoms with Gasteiger partial charge in [-0.1, -0.05) is 38.1 Å². The Hall–Kier alpha value is -0.510. The lowest BCUT2D eigenvalue weighted by Crippen LogP contribution is -2.46. The van der Waals surface area contributed by atoms with Crippen LogP contribution in [-0.4, -0.2) is 24.2 Å². The van der Waals surface area contributed by atoms with Crippen molar-refractivity contribution in [2.75, 3.05) is 18.1 Å². The molecule has 2 rings (SSSR count). The molecule has 1 atom stereocenters. The number of hydrogen-bond acceptors (Lipinski definition) is 3. The third kappa shape index (κ3) is 4.24. The number of thioether (sulfide) groups is 1. The highest BCUT2D eigenvalue weighted by Gasteiger charge is 2.32. The van der Waals surface area contributed by atoms with Crippen molar-refractivity contribution < 1.29 is 4.74 Å². The van der Waals surface area contributed by atoms with Gasteiger partial charge in [0.15, 0.2) is 0 Å². The van der Waals surface area contributed by atoms with Crippen LogP contribution in [0.5, 0.6) is 0 Å². The molecule has 0 aliphatic carbocycles. The smallest absolute Gasteiger partial charge is 0.0719 e. The summed E-state index contributed by atoms with van der Waals surface area (Å²) in [6.07, 6.45) is 1.30. The van der Waals surface area contributed by atoms with Crippen molar-refractivity contribution in [2.45, 2.75) is 46.4 Å². The van der Waals surface area contributed by atoms with Crippen LogP contribution in [0.4, 0.5) is 0 Å². The topological polar surface area (TPSA) is 21.3 Å². The van der Waals surface area contributed by atoms with E-state index in [1.165, 1.54) is 29.1 Å². The van der Waals surface area contributed by atoms with E-state index in [-0.39, 0.29) is 0 Å². The zero-order valence-electron chi connectivity index (χ0n) is 12.9. The zero-order valence-corrected chi connectivity index (χ0v) is 13.8. The second-order valence-corrected chi connectivity index (χ2v) is 7.30. The van der Waals surface area contributed by atoms with Gasteiger partial charge in [0, 0.05) is 24.9 Å². The predicted octanol–water partition coefficient (Wildman–Crippen LogP) is 3.84. The summed E-state index contributed by atoms with van der Waals surface area (Å²) in [6.45, 7) is 9.25. The van der Waals surface area contributed by atoms with Gasteiger partial charge in [0.1, 0.15) is 0 Å². The Bertz CT molecular complexity index is 419. The SMILES string of the molecule is CCOCc1ccccc1CNC1CSCCC1(C)C. The van der Waals surface area contributed by atoms with Crippen molar-refractivity contribution in [3.8, 4) is 0 Å². The third-order valence-electron chi connectivity index (χ3n) is 4.24. The highest BCUT2D eigenvalue weighted by molar-refractivity contribution is 7.99. The van der Waals surface area contributed by atoms with E-state index in [2.05, 4.69) is 55.2 Å². The summed E-state index contributed by atoms with van der Waals surface area (Å²) in [6, 6.07) is 9.20. The highest BCUT2D eigenvalue weighted by atomic mass is 32.2. The second kappa shape index (κ2) is 7.48. The van der Waals surface area contributed by atoms with E-state index < -0.39 is 0 Å². The molecule has 0 radical (unpaired) electrons. The molecule has 0 bridgehead atoms. The Kier molecular flexibility index (Phi) is 5.94. The first-order valence-corrected chi connectivity index (χ1v) is 8.74. The fraction of sp³-hybridized carbons (Fsp3) is 0.647. The van der Waals surface area contributed by atoms with Crippen LogP contribution in [0.2, 0.25) is 0 Å². The summed E-state index contributed by atoms with van der Waals surface area (Å²) in [7, 11) is 0. The van der Waals surface area contributed by atoms with Crippen LogP contribution in [-0.2, 0) is 17.9 Å². The molecule has 1 saturated heterocycles. The molecule has 112 valence electrons. The van der Waals surface area contributed by atoms with Gasteiger partial charge < -0.3 is 10.1 Å². The van der Waals surface area contributed by atoms with Gasteiger partial charge in [0.05, 0.1) is 6.61 Å². The van der Waals surface area contributed by atoms with Gasteiger partial charge in [-0.2, -0.15) is 11.8 Å². The third-order valence-corrected chi connectivity index (χ3v) is 5.30. The van der Waals surface area contributed by atoms with Crippen molar-refractivity contribution in [2.24, 2.45) is 5.41 Å². The van der Waals surface area contributed by atoms with Crippen molar-refractivity contribution in [3.63, 3.8) is 0 Å². The van der Waals surface area contributed by atoms with Gasteiger partial charge >= 0.3 is 0 Å². The lowest BCUT2D eigenvalue weighted by molar-refractivity contribution is 0.133. The number of rotatable bonds is 6. The van der Waals surface area contributed by atoms with Crippen molar-refractivity contribution in [1.82, 2.24) is 5.32 Å². The fourth-order valence-corrected chi connectivity index (χ4v) is 4.23. The lowest BCUT2D eigenvalue weighted by Gasteiger charge is -2.39. The van der Waals surface area contributed by atoms with Gasteiger partial charge in [-0.05, 0) is 35.6 Å². The summed E-state index contributed by atoms with van der Waals surface area (Å²) < 4.78 is 5.56. The van der Waals surface area contributed by atoms with E-state index in [1.807, 2.05) is 6.92 Å². The van der Waals surface area contributed by atoms with E-state index in [4.69, 9.17) is 4.74 Å². The maximum atomic E-state index is 5.56. The Balaban J connectivity index is 1.96. The standard InChI is InChI=1S/C17H27NOS/c1-4-19-12-15-8-6-5-7-14(15)11-18-16-13-20-10-9-17(16,2)3/h5-8,16,18H,4,9-13H2,1-3H3. The van der Waals surface area contributed by atoms with Gasteiger partial charge in [-0.25, -0.2) is 0 Å². The zero-order chi connectivity index (χ0) is 14.4. The normalized spacial score (nSPS) is 21.9. The van der Waals surface area contributed by atoms with E-state index in [0.717, 1.165) is 19.8 Å². The first kappa shape index (κ1) is 15.9. The largest absolute Gasteiger partial charge is 0.377 e. The minimum atomic E-state index is 0.403. The summed E-state index contributed by atoms with van der Waals surface area (Å²) in [5.41, 5.74) is 3.08. The lowest BCUT2D eigenvalue weighted by atomic mass is 9.82. The minimum Gasteiger partial charge on any atom is -0.377 e. The molecule has 0 amide bonds. The molecular weight excluding hydrogens is 266 g/mol. The molecule has 1 aliphatic heterocycles. The molecule has 3 heteroatoms. The molecule has 0 aromatic heterocycles. The molecule has 1 heterocycles. The maximum absolute atomic E-state index is 5.56. The maximum Gasteiger partial charge on any atom is 0.0719 e. The Morgan fingerprint density at radius 2 is 2.05 bits per heavy atom. The molecular formula is C17H27NOS. The van der Waals surface area contributed by atoms with E-state index >= 15 is 0 Å². The summed E-state index contributed by atoms with van der Waals surface area (Å²) in [5, 5.41) is 3.77. The van der Waals surface area contributed by atoms with Crippen LogP contribution >= 0.6 is 11.8 Å². The van der Waals surface area contributed by atoms with Crippen LogP contribution in [0.25, 0.3) is 0 Å². The monoisotopic (exact) mass is 293 g/mol. The molecule has 1 N–H and O–H groups in total. The fourth-order valence-electron chi connectivity index (χ4n) is 2.59. The highest BCUT2D eigenvalue weighted by Crippen LogP contribution is 2.34. The quantitative estimate of drug-likeness (QED) is 0.861. The van der Waals surface area contributed by atoms with Crippen molar-refractivity contribution in [1.29, 1.82) is 0 Å². The van der Waals surface area contributed by atoms with Crippen molar-refractivity contribution >= 4 is 11.8 Å². The molecule has 1 aromatic rings. The van der Waals surface area contributed by atoms with E-state index in [9.17, 15) is 0 Å². The van der Waals surface area contributed by atoms with Crippen LogP contribution in [0.3, 0.4) is 0 Å². The van der Waals surface area contributed by atoms with Crippen molar-refractivity contribution in [3.05, 3.63) is 35.4 Å². The number of benzene rings is 1. The molecule has 1 fully saturated rings. The number of hydrogen-bond donors (Lipinski definition) is 1. The number of nitrogens with one attached hydrogen (secondary N) is 1. The molecule has 1 aliphatic rings. The van der Waals surface area contributed by atoms with Crippen LogP contribution in [0, 0.1) is 5.41 Å². The summed E-state index contributed by atoms with van der Waals surface area (Å²) >= 11 is 2.07.